The summed E-state index contributed by atoms with van der Waals surface area (Å²) in [4.78, 5) is 2.72. The largest absolute Gasteiger partial charge is 0.324 e. The van der Waals surface area contributed by atoms with E-state index in [4.69, 9.17) is 5.73 Å². The van der Waals surface area contributed by atoms with Gasteiger partial charge in [-0.3, -0.25) is 4.90 Å². The first-order valence-electron chi connectivity index (χ1n) is 7.76. The van der Waals surface area contributed by atoms with Gasteiger partial charge < -0.3 is 5.73 Å². The van der Waals surface area contributed by atoms with Gasteiger partial charge in [0.2, 0.25) is 0 Å². The molecule has 100 valence electrons. The molecule has 1 saturated heterocycles. The van der Waals surface area contributed by atoms with Crippen molar-refractivity contribution >= 4 is 0 Å². The fourth-order valence-corrected chi connectivity index (χ4v) is 3.75. The molecule has 0 aromatic heterocycles. The highest BCUT2D eigenvalue weighted by Crippen LogP contribution is 2.30. The molecule has 2 nitrogen and oxygen atoms in total. The molecule has 0 bridgehead atoms. The van der Waals surface area contributed by atoms with Crippen molar-refractivity contribution in [3.63, 3.8) is 0 Å². The van der Waals surface area contributed by atoms with Crippen LogP contribution in [0.15, 0.2) is 0 Å². The molecule has 2 heteroatoms. The Balaban J connectivity index is 1.90. The second-order valence-electron chi connectivity index (χ2n) is 6.33. The van der Waals surface area contributed by atoms with Crippen LogP contribution in [0.3, 0.4) is 0 Å². The van der Waals surface area contributed by atoms with E-state index >= 15 is 0 Å². The molecule has 1 atom stereocenters. The molecule has 0 aromatic carbocycles. The molecule has 2 fully saturated rings. The monoisotopic (exact) mass is 238 g/mol. The summed E-state index contributed by atoms with van der Waals surface area (Å²) in [5, 5.41) is 0. The lowest BCUT2D eigenvalue weighted by molar-refractivity contribution is 0.0930. The van der Waals surface area contributed by atoms with Crippen LogP contribution in [0.4, 0.5) is 0 Å². The van der Waals surface area contributed by atoms with Crippen LogP contribution in [-0.2, 0) is 0 Å². The Labute approximate surface area is 107 Å². The van der Waals surface area contributed by atoms with Gasteiger partial charge >= 0.3 is 0 Å². The molecule has 1 aliphatic heterocycles. The Morgan fingerprint density at radius 1 is 1.12 bits per heavy atom. The van der Waals surface area contributed by atoms with Gasteiger partial charge in [-0.25, -0.2) is 0 Å². The number of nitrogens with two attached hydrogens (primary N) is 1. The molecule has 1 heterocycles. The van der Waals surface area contributed by atoms with Crippen molar-refractivity contribution in [2.75, 3.05) is 13.1 Å². The summed E-state index contributed by atoms with van der Waals surface area (Å²) < 4.78 is 0. The topological polar surface area (TPSA) is 29.3 Å². The van der Waals surface area contributed by atoms with Gasteiger partial charge in [-0.1, -0.05) is 39.0 Å². The minimum atomic E-state index is 0.140. The number of piperidine rings is 1. The van der Waals surface area contributed by atoms with Gasteiger partial charge in [-0.2, -0.15) is 0 Å². The summed E-state index contributed by atoms with van der Waals surface area (Å²) in [6.45, 7) is 4.77. The van der Waals surface area contributed by atoms with E-state index in [1.807, 2.05) is 0 Å². The number of hydrogen-bond acceptors (Lipinski definition) is 2. The highest BCUT2D eigenvalue weighted by molar-refractivity contribution is 4.92. The van der Waals surface area contributed by atoms with Crippen LogP contribution in [0.2, 0.25) is 0 Å². The van der Waals surface area contributed by atoms with E-state index in [1.165, 1.54) is 70.8 Å². The molecular weight excluding hydrogens is 208 g/mol. The first-order valence-corrected chi connectivity index (χ1v) is 7.76. The smallest absolute Gasteiger partial charge is 0.0283 e. The van der Waals surface area contributed by atoms with Crippen LogP contribution < -0.4 is 5.73 Å². The Morgan fingerprint density at radius 3 is 2.59 bits per heavy atom. The predicted octanol–water partition coefficient (Wildman–Crippen LogP) is 3.30. The number of rotatable bonds is 4. The lowest BCUT2D eigenvalue weighted by atomic mass is 9.81. The van der Waals surface area contributed by atoms with Crippen LogP contribution in [-0.4, -0.2) is 29.6 Å². The summed E-state index contributed by atoms with van der Waals surface area (Å²) in [5.41, 5.74) is 6.75. The second-order valence-corrected chi connectivity index (χ2v) is 6.33. The highest BCUT2D eigenvalue weighted by atomic mass is 15.2. The van der Waals surface area contributed by atoms with Crippen molar-refractivity contribution in [3.8, 4) is 0 Å². The number of likely N-dealkylation sites (tertiary alicyclic amines) is 1. The first kappa shape index (κ1) is 13.4. The molecule has 2 N–H and O–H groups in total. The van der Waals surface area contributed by atoms with E-state index in [-0.39, 0.29) is 5.54 Å². The van der Waals surface area contributed by atoms with E-state index in [0.717, 1.165) is 12.6 Å². The maximum atomic E-state index is 6.61. The maximum absolute atomic E-state index is 6.61. The Morgan fingerprint density at radius 2 is 1.88 bits per heavy atom. The van der Waals surface area contributed by atoms with Gasteiger partial charge in [-0.05, 0) is 38.6 Å². The number of nitrogens with zero attached hydrogens (tertiary/aromatic N) is 1. The molecule has 1 unspecified atom stereocenters. The minimum absolute atomic E-state index is 0.140. The van der Waals surface area contributed by atoms with Crippen molar-refractivity contribution in [3.05, 3.63) is 0 Å². The summed E-state index contributed by atoms with van der Waals surface area (Å²) in [6, 6.07) is 0.830. The van der Waals surface area contributed by atoms with E-state index < -0.39 is 0 Å². The lowest BCUT2D eigenvalue weighted by Gasteiger charge is -2.43. The Hall–Kier alpha value is -0.0800. The van der Waals surface area contributed by atoms with Gasteiger partial charge in [0.05, 0.1) is 0 Å². The minimum Gasteiger partial charge on any atom is -0.324 e. The zero-order valence-electron chi connectivity index (χ0n) is 11.6. The van der Waals surface area contributed by atoms with Crippen LogP contribution in [0, 0.1) is 0 Å². The summed E-state index contributed by atoms with van der Waals surface area (Å²) in [6.07, 6.45) is 13.5. The molecule has 2 rings (SSSR count). The molecule has 0 aromatic rings. The van der Waals surface area contributed by atoms with E-state index in [1.54, 1.807) is 0 Å². The molecule has 1 aliphatic carbocycles. The third-order valence-corrected chi connectivity index (χ3v) is 4.74. The maximum Gasteiger partial charge on any atom is 0.0283 e. The third-order valence-electron chi connectivity index (χ3n) is 4.74. The van der Waals surface area contributed by atoms with Gasteiger partial charge in [0.1, 0.15) is 0 Å². The highest BCUT2D eigenvalue weighted by Gasteiger charge is 2.32. The summed E-state index contributed by atoms with van der Waals surface area (Å²) >= 11 is 0. The van der Waals surface area contributed by atoms with Crippen LogP contribution in [0.25, 0.3) is 0 Å². The van der Waals surface area contributed by atoms with Crippen molar-refractivity contribution < 1.29 is 0 Å². The molecule has 0 spiro atoms. The standard InChI is InChI=1S/C15H30N2/c1-2-8-14-9-4-7-12-17(14)13-15(16)10-5-3-6-11-15/h14H,2-13,16H2,1H3. The average molecular weight is 238 g/mol. The van der Waals surface area contributed by atoms with E-state index in [2.05, 4.69) is 11.8 Å². The van der Waals surface area contributed by atoms with Crippen LogP contribution in [0.1, 0.15) is 71.1 Å². The Bertz CT molecular complexity index is 219. The molecule has 17 heavy (non-hydrogen) atoms. The second kappa shape index (κ2) is 6.19. The van der Waals surface area contributed by atoms with Gasteiger partial charge in [-0.15, -0.1) is 0 Å². The fourth-order valence-electron chi connectivity index (χ4n) is 3.75. The van der Waals surface area contributed by atoms with Gasteiger partial charge in [0.15, 0.2) is 0 Å². The molecule has 0 radical (unpaired) electrons. The van der Waals surface area contributed by atoms with E-state index in [9.17, 15) is 0 Å². The molecule has 2 aliphatic rings. The molecular formula is C15H30N2. The van der Waals surface area contributed by atoms with Crippen molar-refractivity contribution in [2.45, 2.75) is 82.7 Å². The third kappa shape index (κ3) is 3.69. The van der Waals surface area contributed by atoms with Crippen LogP contribution in [0.5, 0.6) is 0 Å². The zero-order valence-corrected chi connectivity index (χ0v) is 11.6. The van der Waals surface area contributed by atoms with Crippen LogP contribution >= 0.6 is 0 Å². The quantitative estimate of drug-likeness (QED) is 0.814. The average Bonchev–Trinajstić information content (AvgIpc) is 2.32. The molecule has 1 saturated carbocycles. The number of hydrogen-bond donors (Lipinski definition) is 1. The lowest BCUT2D eigenvalue weighted by Crippen LogP contribution is -2.54. The SMILES string of the molecule is CCCC1CCCCN1CC1(N)CCCCC1. The first-order chi connectivity index (χ1) is 8.23. The van der Waals surface area contributed by atoms with Gasteiger partial charge in [0.25, 0.3) is 0 Å². The molecule has 0 amide bonds. The fraction of sp³-hybridized carbons (Fsp3) is 1.00. The predicted molar refractivity (Wildman–Crippen MR) is 74.1 cm³/mol. The normalized spacial score (nSPS) is 30.4. The van der Waals surface area contributed by atoms with E-state index in [0.29, 0.717) is 0 Å². The van der Waals surface area contributed by atoms with Crippen molar-refractivity contribution in [2.24, 2.45) is 5.73 Å². The van der Waals surface area contributed by atoms with Gasteiger partial charge in [0, 0.05) is 18.1 Å². The zero-order chi connectivity index (χ0) is 12.1. The Kier molecular flexibility index (Phi) is 4.87. The van der Waals surface area contributed by atoms with Crippen molar-refractivity contribution in [1.82, 2.24) is 4.90 Å². The van der Waals surface area contributed by atoms with Crippen molar-refractivity contribution in [1.29, 1.82) is 0 Å². The summed E-state index contributed by atoms with van der Waals surface area (Å²) in [7, 11) is 0. The summed E-state index contributed by atoms with van der Waals surface area (Å²) in [5.74, 6) is 0.